The van der Waals surface area contributed by atoms with Gasteiger partial charge in [0.15, 0.2) is 0 Å². The molecule has 2 atom stereocenters. The number of piperazine rings is 1. The van der Waals surface area contributed by atoms with Crippen molar-refractivity contribution in [1.29, 1.82) is 0 Å². The molecule has 4 heteroatoms. The summed E-state index contributed by atoms with van der Waals surface area (Å²) in [6.45, 7) is 15.9. The molecule has 1 aliphatic rings. The first kappa shape index (κ1) is 34.7. The van der Waals surface area contributed by atoms with Gasteiger partial charge in [-0.3, -0.25) is 9.69 Å². The third-order valence-electron chi connectivity index (χ3n) is 8.18. The Balaban J connectivity index is 0.00000187. The summed E-state index contributed by atoms with van der Waals surface area (Å²) < 4.78 is 0. The average Bonchev–Trinajstić information content (AvgIpc) is 2.97. The topological polar surface area (TPSA) is 40.6 Å². The van der Waals surface area contributed by atoms with Gasteiger partial charge in [-0.1, -0.05) is 120 Å². The van der Waals surface area contributed by atoms with Crippen LogP contribution in [0, 0.1) is 12.8 Å². The van der Waals surface area contributed by atoms with Gasteiger partial charge in [-0.25, -0.2) is 0 Å². The number of rotatable bonds is 15. The van der Waals surface area contributed by atoms with Crippen LogP contribution in [-0.2, 0) is 16.0 Å². The standard InChI is InChI=1S/C34H50N2O2.C3H8/c1-5-11-30(13-10-8-7-9-12-28(4)37)26-33(38)35-22-24-36(25-23-35)34(31-18-14-27(3)15-19-31)32-20-16-29(6-2)17-21-32;1-3-2/h14-21,30,34H,5-13,22-26H2,1-4H3;3H2,1-2H3. The lowest BCUT2D eigenvalue weighted by molar-refractivity contribution is -0.134. The number of Topliss-reactive ketones (excluding diaryl/α,β-unsaturated/α-hetero) is 1. The van der Waals surface area contributed by atoms with Crippen LogP contribution in [0.15, 0.2) is 48.5 Å². The van der Waals surface area contributed by atoms with Crippen LogP contribution in [-0.4, -0.2) is 47.7 Å². The molecule has 0 aromatic heterocycles. The molecule has 2 unspecified atom stereocenters. The van der Waals surface area contributed by atoms with E-state index in [-0.39, 0.29) is 6.04 Å². The number of hydrogen-bond donors (Lipinski definition) is 0. The molecule has 228 valence electrons. The summed E-state index contributed by atoms with van der Waals surface area (Å²) in [5.41, 5.74) is 5.30. The van der Waals surface area contributed by atoms with Crippen molar-refractivity contribution >= 4 is 11.7 Å². The van der Waals surface area contributed by atoms with Gasteiger partial charge < -0.3 is 9.69 Å². The Morgan fingerprint density at radius 2 is 1.32 bits per heavy atom. The average molecular weight is 563 g/mol. The Hall–Kier alpha value is -2.46. The number of unbranched alkanes of at least 4 members (excludes halogenated alkanes) is 3. The maximum absolute atomic E-state index is 13.3. The lowest BCUT2D eigenvalue weighted by atomic mass is 9.92. The van der Waals surface area contributed by atoms with Crippen molar-refractivity contribution in [2.45, 2.75) is 118 Å². The van der Waals surface area contributed by atoms with E-state index in [2.05, 4.69) is 92.9 Å². The summed E-state index contributed by atoms with van der Waals surface area (Å²) in [4.78, 5) is 29.1. The van der Waals surface area contributed by atoms with Crippen LogP contribution in [0.2, 0.25) is 0 Å². The molecular weight excluding hydrogens is 504 g/mol. The second-order valence-electron chi connectivity index (χ2n) is 12.0. The third-order valence-corrected chi connectivity index (χ3v) is 8.18. The monoisotopic (exact) mass is 562 g/mol. The van der Waals surface area contributed by atoms with Gasteiger partial charge in [0.1, 0.15) is 5.78 Å². The van der Waals surface area contributed by atoms with Gasteiger partial charge in [0, 0.05) is 39.0 Å². The fourth-order valence-corrected chi connectivity index (χ4v) is 5.82. The molecule has 1 aliphatic heterocycles. The Kier molecular flexibility index (Phi) is 16.6. The van der Waals surface area contributed by atoms with Gasteiger partial charge in [0.05, 0.1) is 6.04 Å². The number of aryl methyl sites for hydroxylation is 2. The number of hydrogen-bond acceptors (Lipinski definition) is 3. The Bertz CT molecular complexity index is 991. The fraction of sp³-hybridized carbons (Fsp3) is 0.622. The molecule has 41 heavy (non-hydrogen) atoms. The normalized spacial score (nSPS) is 15.1. The van der Waals surface area contributed by atoms with E-state index in [4.69, 9.17) is 0 Å². The number of carbonyl (C=O) groups excluding carboxylic acids is 2. The fourth-order valence-electron chi connectivity index (χ4n) is 5.82. The van der Waals surface area contributed by atoms with Gasteiger partial charge in [-0.05, 0) is 55.7 Å². The third kappa shape index (κ3) is 12.5. The summed E-state index contributed by atoms with van der Waals surface area (Å²) in [5, 5.41) is 0. The van der Waals surface area contributed by atoms with Crippen LogP contribution in [0.5, 0.6) is 0 Å². The van der Waals surface area contributed by atoms with Gasteiger partial charge in [0.25, 0.3) is 0 Å². The van der Waals surface area contributed by atoms with Crippen LogP contribution in [0.4, 0.5) is 0 Å². The predicted molar refractivity (Wildman–Crippen MR) is 174 cm³/mol. The van der Waals surface area contributed by atoms with Gasteiger partial charge >= 0.3 is 0 Å². The number of ketones is 1. The van der Waals surface area contributed by atoms with Crippen LogP contribution in [0.1, 0.15) is 127 Å². The van der Waals surface area contributed by atoms with Crippen LogP contribution < -0.4 is 0 Å². The SMILES string of the molecule is CCC.CCCC(CCCCCCC(C)=O)CC(=O)N1CCN(C(c2ccc(C)cc2)c2ccc(CC)cc2)CC1. The highest BCUT2D eigenvalue weighted by molar-refractivity contribution is 5.76. The largest absolute Gasteiger partial charge is 0.340 e. The van der Waals surface area contributed by atoms with Crippen LogP contribution in [0.25, 0.3) is 0 Å². The molecule has 0 bridgehead atoms. The first-order valence-corrected chi connectivity index (χ1v) is 16.5. The summed E-state index contributed by atoms with van der Waals surface area (Å²) in [5.74, 6) is 1.11. The van der Waals surface area contributed by atoms with E-state index in [0.717, 1.165) is 64.7 Å². The first-order chi connectivity index (χ1) is 19.8. The van der Waals surface area contributed by atoms with Gasteiger partial charge in [-0.2, -0.15) is 0 Å². The van der Waals surface area contributed by atoms with Crippen molar-refractivity contribution in [2.75, 3.05) is 26.2 Å². The highest BCUT2D eigenvalue weighted by Crippen LogP contribution is 2.31. The smallest absolute Gasteiger partial charge is 0.222 e. The maximum Gasteiger partial charge on any atom is 0.222 e. The highest BCUT2D eigenvalue weighted by Gasteiger charge is 2.29. The van der Waals surface area contributed by atoms with Gasteiger partial charge in [-0.15, -0.1) is 0 Å². The summed E-state index contributed by atoms with van der Waals surface area (Å²) in [7, 11) is 0. The molecule has 3 rings (SSSR count). The van der Waals surface area contributed by atoms with Crippen molar-refractivity contribution in [3.8, 4) is 0 Å². The molecule has 0 aliphatic carbocycles. The minimum atomic E-state index is 0.217. The van der Waals surface area contributed by atoms with Crippen molar-refractivity contribution in [3.63, 3.8) is 0 Å². The molecule has 1 fully saturated rings. The van der Waals surface area contributed by atoms with E-state index in [1.807, 2.05) is 0 Å². The molecular formula is C37H58N2O2. The van der Waals surface area contributed by atoms with Crippen molar-refractivity contribution < 1.29 is 9.59 Å². The first-order valence-electron chi connectivity index (χ1n) is 16.5. The quantitative estimate of drug-likeness (QED) is 0.203. The lowest BCUT2D eigenvalue weighted by Crippen LogP contribution is -2.50. The van der Waals surface area contributed by atoms with E-state index in [1.165, 1.54) is 41.5 Å². The van der Waals surface area contributed by atoms with Crippen LogP contribution in [0.3, 0.4) is 0 Å². The summed E-state index contributed by atoms with van der Waals surface area (Å²) in [6.07, 6.45) is 11.5. The summed E-state index contributed by atoms with van der Waals surface area (Å²) in [6, 6.07) is 18.3. The van der Waals surface area contributed by atoms with Crippen molar-refractivity contribution in [3.05, 3.63) is 70.8 Å². The molecule has 2 aromatic rings. The van der Waals surface area contributed by atoms with E-state index >= 15 is 0 Å². The molecule has 0 N–H and O–H groups in total. The zero-order valence-electron chi connectivity index (χ0n) is 27.1. The minimum Gasteiger partial charge on any atom is -0.340 e. The number of carbonyl (C=O) groups is 2. The molecule has 0 saturated carbocycles. The Morgan fingerprint density at radius 1 is 0.756 bits per heavy atom. The van der Waals surface area contributed by atoms with Crippen molar-refractivity contribution in [2.24, 2.45) is 5.92 Å². The molecule has 0 radical (unpaired) electrons. The van der Waals surface area contributed by atoms with E-state index in [1.54, 1.807) is 6.92 Å². The molecule has 4 nitrogen and oxygen atoms in total. The second-order valence-corrected chi connectivity index (χ2v) is 12.0. The number of nitrogens with zero attached hydrogens (tertiary/aromatic N) is 2. The van der Waals surface area contributed by atoms with Gasteiger partial charge in [0.2, 0.25) is 5.91 Å². The molecule has 1 amide bonds. The van der Waals surface area contributed by atoms with Crippen molar-refractivity contribution in [1.82, 2.24) is 9.80 Å². The molecule has 0 spiro atoms. The van der Waals surface area contributed by atoms with E-state index < -0.39 is 0 Å². The highest BCUT2D eigenvalue weighted by atomic mass is 16.2. The van der Waals surface area contributed by atoms with Crippen LogP contribution >= 0.6 is 0 Å². The zero-order valence-corrected chi connectivity index (χ0v) is 27.1. The summed E-state index contributed by atoms with van der Waals surface area (Å²) >= 11 is 0. The molecule has 2 aromatic carbocycles. The predicted octanol–water partition coefficient (Wildman–Crippen LogP) is 8.94. The Morgan fingerprint density at radius 3 is 1.85 bits per heavy atom. The molecule has 1 saturated heterocycles. The van der Waals surface area contributed by atoms with E-state index in [0.29, 0.717) is 30.4 Å². The number of benzene rings is 2. The maximum atomic E-state index is 13.3. The molecule has 1 heterocycles. The zero-order chi connectivity index (χ0) is 30.0. The number of amides is 1. The Labute approximate surface area is 251 Å². The van der Waals surface area contributed by atoms with E-state index in [9.17, 15) is 9.59 Å². The second kappa shape index (κ2) is 19.6. The lowest BCUT2D eigenvalue weighted by Gasteiger charge is -2.40. The minimum absolute atomic E-state index is 0.217.